The van der Waals surface area contributed by atoms with Gasteiger partial charge in [-0.25, -0.2) is 4.98 Å². The van der Waals surface area contributed by atoms with Gasteiger partial charge in [0.05, 0.1) is 10.2 Å². The average molecular weight is 333 g/mol. The van der Waals surface area contributed by atoms with Gasteiger partial charge < -0.3 is 4.90 Å². The molecule has 0 unspecified atom stereocenters. The van der Waals surface area contributed by atoms with Gasteiger partial charge in [-0.05, 0) is 35.2 Å². The van der Waals surface area contributed by atoms with Gasteiger partial charge in [-0.2, -0.15) is 4.98 Å². The normalized spacial score (nSPS) is 17.1. The second-order valence-electron chi connectivity index (χ2n) is 5.77. The maximum Gasteiger partial charge on any atom is 0.227 e. The maximum atomic E-state index is 6.22. The fraction of sp³-hybridized carbons (Fsp3) is 0.692. The molecule has 0 N–H and O–H groups in total. The van der Waals surface area contributed by atoms with Gasteiger partial charge in [0.25, 0.3) is 0 Å². The number of halogens is 2. The fourth-order valence-corrected chi connectivity index (χ4v) is 3.08. The van der Waals surface area contributed by atoms with Crippen molar-refractivity contribution in [3.8, 4) is 0 Å². The second-order valence-corrected chi connectivity index (χ2v) is 6.93. The molecule has 0 saturated carbocycles. The molecule has 0 amide bonds. The van der Waals surface area contributed by atoms with Crippen LogP contribution in [0.5, 0.6) is 0 Å². The average Bonchev–Trinajstić information content (AvgIpc) is 2.32. The molecule has 2 rings (SSSR count). The van der Waals surface area contributed by atoms with Crippen LogP contribution >= 0.6 is 27.5 Å². The number of piperidine rings is 1. The molecule has 0 aromatic carbocycles. The monoisotopic (exact) mass is 331 g/mol. The van der Waals surface area contributed by atoms with E-state index < -0.39 is 0 Å². The molecule has 0 aliphatic carbocycles. The van der Waals surface area contributed by atoms with Gasteiger partial charge in [0, 0.05) is 18.5 Å². The molecule has 0 atom stereocenters. The standard InChI is InChI=1S/C13H19BrClN3/c1-13(2,3)10-9(14)11(15)17-12(16-10)18-7-5-4-6-8-18/h4-8H2,1-3H3. The summed E-state index contributed by atoms with van der Waals surface area (Å²) in [4.78, 5) is 11.3. The van der Waals surface area contributed by atoms with Crippen molar-refractivity contribution in [3.05, 3.63) is 15.3 Å². The van der Waals surface area contributed by atoms with E-state index in [1.165, 1.54) is 19.3 Å². The van der Waals surface area contributed by atoms with Gasteiger partial charge in [0.1, 0.15) is 5.15 Å². The number of hydrogen-bond acceptors (Lipinski definition) is 3. The van der Waals surface area contributed by atoms with Crippen molar-refractivity contribution in [1.82, 2.24) is 9.97 Å². The summed E-state index contributed by atoms with van der Waals surface area (Å²) < 4.78 is 0.817. The lowest BCUT2D eigenvalue weighted by atomic mass is 9.92. The van der Waals surface area contributed by atoms with Crippen molar-refractivity contribution < 1.29 is 0 Å². The largest absolute Gasteiger partial charge is 0.341 e. The fourth-order valence-electron chi connectivity index (χ4n) is 2.14. The van der Waals surface area contributed by atoms with Crippen LogP contribution in [0.2, 0.25) is 5.15 Å². The van der Waals surface area contributed by atoms with E-state index in [4.69, 9.17) is 16.6 Å². The first-order valence-electron chi connectivity index (χ1n) is 6.38. The highest BCUT2D eigenvalue weighted by Gasteiger charge is 2.24. The Balaban J connectivity index is 2.40. The molecule has 3 nitrogen and oxygen atoms in total. The zero-order valence-electron chi connectivity index (χ0n) is 11.1. The summed E-state index contributed by atoms with van der Waals surface area (Å²) in [7, 11) is 0. The van der Waals surface area contributed by atoms with Crippen molar-refractivity contribution in [3.63, 3.8) is 0 Å². The molecule has 1 fully saturated rings. The Morgan fingerprint density at radius 3 is 2.28 bits per heavy atom. The van der Waals surface area contributed by atoms with Crippen molar-refractivity contribution >= 4 is 33.5 Å². The molecule has 1 aromatic heterocycles. The third-order valence-corrected chi connectivity index (χ3v) is 4.40. The summed E-state index contributed by atoms with van der Waals surface area (Å²) in [5.74, 6) is 0.771. The zero-order chi connectivity index (χ0) is 13.3. The quantitative estimate of drug-likeness (QED) is 0.722. The highest BCUT2D eigenvalue weighted by atomic mass is 79.9. The molecule has 0 radical (unpaired) electrons. The van der Waals surface area contributed by atoms with Gasteiger partial charge in [0.2, 0.25) is 5.95 Å². The molecule has 5 heteroatoms. The Kier molecular flexibility index (Phi) is 4.17. The predicted octanol–water partition coefficient (Wildman–Crippen LogP) is 4.18. The van der Waals surface area contributed by atoms with Crippen LogP contribution in [0, 0.1) is 0 Å². The third-order valence-electron chi connectivity index (χ3n) is 3.15. The molecule has 18 heavy (non-hydrogen) atoms. The van der Waals surface area contributed by atoms with E-state index >= 15 is 0 Å². The van der Waals surface area contributed by atoms with E-state index in [1.807, 2.05) is 0 Å². The lowest BCUT2D eigenvalue weighted by Gasteiger charge is -2.29. The minimum absolute atomic E-state index is 0.0457. The summed E-state index contributed by atoms with van der Waals surface area (Å²) in [6.07, 6.45) is 3.72. The van der Waals surface area contributed by atoms with Crippen LogP contribution in [0.1, 0.15) is 45.7 Å². The summed E-state index contributed by atoms with van der Waals surface area (Å²) in [5.41, 5.74) is 0.929. The molecular formula is C13H19BrClN3. The minimum atomic E-state index is -0.0457. The summed E-state index contributed by atoms with van der Waals surface area (Å²) in [6.45, 7) is 8.46. The Bertz CT molecular complexity index is 437. The molecule has 2 heterocycles. The van der Waals surface area contributed by atoms with Gasteiger partial charge in [-0.15, -0.1) is 0 Å². The minimum Gasteiger partial charge on any atom is -0.341 e. The first-order chi connectivity index (χ1) is 8.39. The van der Waals surface area contributed by atoms with Gasteiger partial charge in [0.15, 0.2) is 0 Å². The SMILES string of the molecule is CC(C)(C)c1nc(N2CCCCC2)nc(Cl)c1Br. The molecule has 0 spiro atoms. The van der Waals surface area contributed by atoms with Gasteiger partial charge in [-0.3, -0.25) is 0 Å². The first kappa shape index (κ1) is 14.1. The van der Waals surface area contributed by atoms with Crippen molar-refractivity contribution in [1.29, 1.82) is 0 Å². The highest BCUT2D eigenvalue weighted by Crippen LogP contribution is 2.34. The smallest absolute Gasteiger partial charge is 0.227 e. The number of nitrogens with zero attached hydrogens (tertiary/aromatic N) is 3. The molecule has 0 bridgehead atoms. The lowest BCUT2D eigenvalue weighted by molar-refractivity contribution is 0.545. The van der Waals surface area contributed by atoms with Crippen LogP contribution in [0.15, 0.2) is 4.47 Å². The Hall–Kier alpha value is -0.350. The number of hydrogen-bond donors (Lipinski definition) is 0. The van der Waals surface area contributed by atoms with Crippen LogP contribution in [0.4, 0.5) is 5.95 Å². The molecule has 1 aromatic rings. The van der Waals surface area contributed by atoms with E-state index in [1.54, 1.807) is 0 Å². The molecule has 1 aliphatic heterocycles. The number of aromatic nitrogens is 2. The van der Waals surface area contributed by atoms with Crippen LogP contribution in [0.3, 0.4) is 0 Å². The van der Waals surface area contributed by atoms with Crippen LogP contribution in [0.25, 0.3) is 0 Å². The lowest BCUT2D eigenvalue weighted by Crippen LogP contribution is -2.32. The van der Waals surface area contributed by atoms with Crippen LogP contribution in [-0.4, -0.2) is 23.1 Å². The van der Waals surface area contributed by atoms with E-state index in [-0.39, 0.29) is 5.41 Å². The van der Waals surface area contributed by atoms with E-state index in [9.17, 15) is 0 Å². The Labute approximate surface area is 122 Å². The second kappa shape index (κ2) is 5.33. The van der Waals surface area contributed by atoms with Gasteiger partial charge in [-0.1, -0.05) is 32.4 Å². The van der Waals surface area contributed by atoms with Crippen LogP contribution < -0.4 is 4.90 Å². The zero-order valence-corrected chi connectivity index (χ0v) is 13.5. The summed E-state index contributed by atoms with van der Waals surface area (Å²) in [5, 5.41) is 0.510. The number of anilines is 1. The molecule has 1 saturated heterocycles. The molecular weight excluding hydrogens is 314 g/mol. The maximum absolute atomic E-state index is 6.22. The van der Waals surface area contributed by atoms with Gasteiger partial charge >= 0.3 is 0 Å². The number of rotatable bonds is 1. The molecule has 1 aliphatic rings. The Morgan fingerprint density at radius 2 is 1.72 bits per heavy atom. The van der Waals surface area contributed by atoms with Crippen molar-refractivity contribution in [2.75, 3.05) is 18.0 Å². The van der Waals surface area contributed by atoms with E-state index in [2.05, 4.69) is 46.6 Å². The Morgan fingerprint density at radius 1 is 1.11 bits per heavy atom. The highest BCUT2D eigenvalue weighted by molar-refractivity contribution is 9.10. The topological polar surface area (TPSA) is 29.0 Å². The summed E-state index contributed by atoms with van der Waals surface area (Å²) in [6, 6.07) is 0. The van der Waals surface area contributed by atoms with Crippen molar-refractivity contribution in [2.24, 2.45) is 0 Å². The van der Waals surface area contributed by atoms with Crippen molar-refractivity contribution in [2.45, 2.75) is 45.4 Å². The van der Waals surface area contributed by atoms with E-state index in [0.29, 0.717) is 5.15 Å². The molecule has 100 valence electrons. The predicted molar refractivity (Wildman–Crippen MR) is 79.5 cm³/mol. The van der Waals surface area contributed by atoms with E-state index in [0.717, 1.165) is 29.2 Å². The third kappa shape index (κ3) is 2.97. The summed E-state index contributed by atoms with van der Waals surface area (Å²) >= 11 is 9.72. The first-order valence-corrected chi connectivity index (χ1v) is 7.55. The van der Waals surface area contributed by atoms with Crippen LogP contribution in [-0.2, 0) is 5.41 Å².